The molecule has 13 heteroatoms. The summed E-state index contributed by atoms with van der Waals surface area (Å²) in [4.78, 5) is 37.6. The zero-order chi connectivity index (χ0) is 28.3. The molecule has 1 atom stereocenters. The predicted molar refractivity (Wildman–Crippen MR) is 146 cm³/mol. The van der Waals surface area contributed by atoms with Crippen LogP contribution in [0.2, 0.25) is 5.02 Å². The Kier molecular flexibility index (Phi) is 7.96. The van der Waals surface area contributed by atoms with Crippen molar-refractivity contribution < 1.29 is 23.5 Å². The van der Waals surface area contributed by atoms with Gasteiger partial charge in [0.15, 0.2) is 5.58 Å². The van der Waals surface area contributed by atoms with Gasteiger partial charge in [-0.15, -0.1) is 0 Å². The molecule has 1 aliphatic heterocycles. The number of nitrogens with zero attached hydrogens (tertiary/aromatic N) is 3. The summed E-state index contributed by atoms with van der Waals surface area (Å²) in [6.07, 6.45) is 2.89. The Bertz CT molecular complexity index is 1590. The fourth-order valence-corrected chi connectivity index (χ4v) is 4.36. The van der Waals surface area contributed by atoms with E-state index in [1.807, 2.05) is 13.0 Å². The molecule has 2 aromatic carbocycles. The van der Waals surface area contributed by atoms with E-state index < -0.39 is 29.3 Å². The molecule has 0 spiro atoms. The largest absolute Gasteiger partial charge is 0.477 e. The lowest BCUT2D eigenvalue weighted by atomic mass is 9.95. The molecule has 1 amide bonds. The van der Waals surface area contributed by atoms with E-state index in [4.69, 9.17) is 21.8 Å². The van der Waals surface area contributed by atoms with Crippen LogP contribution in [0.15, 0.2) is 67.8 Å². The second kappa shape index (κ2) is 11.4. The Morgan fingerprint density at radius 2 is 2.08 bits per heavy atom. The molecule has 0 bridgehead atoms. The molecule has 6 N–H and O–H groups in total. The van der Waals surface area contributed by atoms with Crippen molar-refractivity contribution >= 4 is 52.8 Å². The average molecular weight is 554 g/mol. The molecule has 0 saturated carbocycles. The average Bonchev–Trinajstić information content (AvgIpc) is 3.27. The van der Waals surface area contributed by atoms with Crippen molar-refractivity contribution in [3.05, 3.63) is 80.9 Å². The van der Waals surface area contributed by atoms with E-state index in [-0.39, 0.29) is 29.6 Å². The minimum absolute atomic E-state index is 0.129. The zero-order valence-electron chi connectivity index (χ0n) is 21.2. The highest BCUT2D eigenvalue weighted by atomic mass is 35.5. The third-order valence-electron chi connectivity index (χ3n) is 5.84. The number of nitrogens with two attached hydrogens (primary N) is 1. The number of anilines is 1. The third-order valence-corrected chi connectivity index (χ3v) is 6.17. The topological polar surface area (TPSA) is 167 Å². The molecule has 2 heterocycles. The lowest BCUT2D eigenvalue weighted by Crippen LogP contribution is -2.39. The number of carboxylic acids is 1. The first-order valence-electron chi connectivity index (χ1n) is 11.6. The molecule has 1 unspecified atom stereocenters. The SMILES string of the molecule is CN=C/C(=C\N)CNC(=O)C1=C(C)NC(Nc2nc3ccc(F)c(C(=O)O)c3o2)=NC1c1ccc(C)cc1Cl. The first-order chi connectivity index (χ1) is 18.6. The van der Waals surface area contributed by atoms with Gasteiger partial charge in [0.1, 0.15) is 22.9 Å². The molecular weight excluding hydrogens is 529 g/mol. The van der Waals surface area contributed by atoms with Crippen molar-refractivity contribution in [2.24, 2.45) is 15.7 Å². The zero-order valence-corrected chi connectivity index (χ0v) is 21.9. The quantitative estimate of drug-likeness (QED) is 0.276. The molecule has 3 aromatic rings. The summed E-state index contributed by atoms with van der Waals surface area (Å²) in [6.45, 7) is 3.72. The van der Waals surface area contributed by atoms with Crippen LogP contribution in [0.4, 0.5) is 10.4 Å². The fraction of sp³-hybridized carbons (Fsp3) is 0.192. The number of hydrogen-bond donors (Lipinski definition) is 5. The van der Waals surface area contributed by atoms with Crippen LogP contribution >= 0.6 is 11.6 Å². The summed E-state index contributed by atoms with van der Waals surface area (Å²) in [6, 6.07) is 6.75. The number of aromatic nitrogens is 1. The number of aliphatic imine (C=N–C) groups is 2. The number of oxazole rings is 1. The lowest BCUT2D eigenvalue weighted by molar-refractivity contribution is -0.117. The number of benzene rings is 2. The van der Waals surface area contributed by atoms with E-state index in [0.29, 0.717) is 27.4 Å². The van der Waals surface area contributed by atoms with Crippen molar-refractivity contribution in [3.8, 4) is 0 Å². The standard InChI is InChI=1S/C26H25ClFN7O4/c1-12-4-5-15(16(27)8-12)21-19(23(36)31-11-14(9-29)10-30-3)13(2)32-25(34-21)35-26-33-18-7-6-17(28)20(24(37)38)22(18)39-26/h4-10,21H,11,29H2,1-3H3,(H,31,36)(H,37,38)(H2,32,33,34,35)/b14-9+,30-10?. The molecule has 39 heavy (non-hydrogen) atoms. The van der Waals surface area contributed by atoms with Gasteiger partial charge in [0.05, 0.1) is 5.57 Å². The van der Waals surface area contributed by atoms with Crippen LogP contribution in [0, 0.1) is 12.7 Å². The van der Waals surface area contributed by atoms with E-state index in [0.717, 1.165) is 11.6 Å². The van der Waals surface area contributed by atoms with Gasteiger partial charge >= 0.3 is 12.0 Å². The molecule has 1 aromatic heterocycles. The number of aromatic carboxylic acids is 1. The number of amides is 1. The Morgan fingerprint density at radius 3 is 2.74 bits per heavy atom. The number of fused-ring (bicyclic) bond motifs is 1. The highest BCUT2D eigenvalue weighted by molar-refractivity contribution is 6.31. The van der Waals surface area contributed by atoms with Crippen LogP contribution in [0.5, 0.6) is 0 Å². The molecule has 0 aliphatic carbocycles. The number of nitrogens with one attached hydrogen (secondary N) is 3. The van der Waals surface area contributed by atoms with Crippen LogP contribution in [0.1, 0.15) is 34.5 Å². The van der Waals surface area contributed by atoms with Gasteiger partial charge in [-0.05, 0) is 37.6 Å². The number of carboxylic acid groups (broad SMARTS) is 1. The molecule has 0 saturated heterocycles. The fourth-order valence-electron chi connectivity index (χ4n) is 4.03. The highest BCUT2D eigenvalue weighted by Crippen LogP contribution is 2.35. The predicted octanol–water partition coefficient (Wildman–Crippen LogP) is 3.67. The third kappa shape index (κ3) is 5.75. The number of allylic oxidation sites excluding steroid dienone is 1. The van der Waals surface area contributed by atoms with E-state index >= 15 is 0 Å². The smallest absolute Gasteiger partial charge is 0.342 e. The van der Waals surface area contributed by atoms with Gasteiger partial charge in [-0.2, -0.15) is 4.98 Å². The summed E-state index contributed by atoms with van der Waals surface area (Å²) < 4.78 is 19.6. The first-order valence-corrected chi connectivity index (χ1v) is 12.0. The van der Waals surface area contributed by atoms with Crippen molar-refractivity contribution in [3.63, 3.8) is 0 Å². The van der Waals surface area contributed by atoms with Gasteiger partial charge < -0.3 is 25.9 Å². The second-order valence-electron chi connectivity index (χ2n) is 8.60. The molecule has 202 valence electrons. The second-order valence-corrected chi connectivity index (χ2v) is 9.01. The summed E-state index contributed by atoms with van der Waals surface area (Å²) in [7, 11) is 1.59. The Labute approximate surface area is 227 Å². The van der Waals surface area contributed by atoms with E-state index in [1.165, 1.54) is 18.5 Å². The number of carbonyl (C=O) groups excluding carboxylic acids is 1. The van der Waals surface area contributed by atoms with Crippen molar-refractivity contribution in [2.75, 3.05) is 18.9 Å². The van der Waals surface area contributed by atoms with Crippen LogP contribution in [0.3, 0.4) is 0 Å². The van der Waals surface area contributed by atoms with Gasteiger partial charge in [-0.3, -0.25) is 15.1 Å². The maximum Gasteiger partial charge on any atom is 0.342 e. The summed E-state index contributed by atoms with van der Waals surface area (Å²) >= 11 is 6.57. The Morgan fingerprint density at radius 1 is 1.31 bits per heavy atom. The summed E-state index contributed by atoms with van der Waals surface area (Å²) in [5.41, 5.74) is 7.76. The van der Waals surface area contributed by atoms with Crippen LogP contribution in [-0.4, -0.2) is 47.7 Å². The van der Waals surface area contributed by atoms with Gasteiger partial charge in [0.2, 0.25) is 5.96 Å². The van der Waals surface area contributed by atoms with Crippen LogP contribution in [0.25, 0.3) is 11.1 Å². The van der Waals surface area contributed by atoms with E-state index in [9.17, 15) is 19.1 Å². The van der Waals surface area contributed by atoms with Crippen LogP contribution < -0.4 is 21.7 Å². The molecule has 0 radical (unpaired) electrons. The number of halogens is 2. The van der Waals surface area contributed by atoms with Crippen LogP contribution in [-0.2, 0) is 4.79 Å². The molecule has 0 fully saturated rings. The monoisotopic (exact) mass is 553 g/mol. The van der Waals surface area contributed by atoms with Crippen molar-refractivity contribution in [2.45, 2.75) is 19.9 Å². The van der Waals surface area contributed by atoms with E-state index in [2.05, 4.69) is 30.9 Å². The maximum absolute atomic E-state index is 14.1. The molecular formula is C26H25ClFN7O4. The number of hydrogen-bond acceptors (Lipinski definition) is 9. The van der Waals surface area contributed by atoms with Gasteiger partial charge in [-0.25, -0.2) is 14.2 Å². The summed E-state index contributed by atoms with van der Waals surface area (Å²) in [5, 5.41) is 18.5. The number of rotatable bonds is 7. The maximum atomic E-state index is 14.1. The van der Waals surface area contributed by atoms with Gasteiger partial charge in [0.25, 0.3) is 5.91 Å². The molecule has 4 rings (SSSR count). The minimum atomic E-state index is -1.49. The number of aryl methyl sites for hydroxylation is 1. The molecule has 11 nitrogen and oxygen atoms in total. The highest BCUT2D eigenvalue weighted by Gasteiger charge is 2.31. The normalized spacial score (nSPS) is 15.9. The van der Waals surface area contributed by atoms with Crippen molar-refractivity contribution in [1.29, 1.82) is 0 Å². The Balaban J connectivity index is 1.70. The molecule has 1 aliphatic rings. The summed E-state index contributed by atoms with van der Waals surface area (Å²) in [5.74, 6) is -2.70. The lowest BCUT2D eigenvalue weighted by Gasteiger charge is -2.27. The first kappa shape index (κ1) is 27.3. The van der Waals surface area contributed by atoms with Gasteiger partial charge in [-0.1, -0.05) is 23.7 Å². The number of carbonyl (C=O) groups is 2. The van der Waals surface area contributed by atoms with E-state index in [1.54, 1.807) is 26.1 Å². The Hall–Kier alpha value is -4.71. The minimum Gasteiger partial charge on any atom is -0.477 e. The van der Waals surface area contributed by atoms with Gasteiger partial charge in [0, 0.05) is 47.9 Å². The number of guanidine groups is 1. The van der Waals surface area contributed by atoms with Crippen molar-refractivity contribution in [1.82, 2.24) is 15.6 Å².